The Hall–Kier alpha value is -2.36. The Morgan fingerprint density at radius 3 is 2.42 bits per heavy atom. The monoisotopic (exact) mass is 402 g/mol. The number of carbonyl (C=O) groups is 2. The zero-order chi connectivity index (χ0) is 18.6. The molecule has 0 saturated heterocycles. The minimum atomic E-state index is -3.59. The second-order valence-electron chi connectivity index (χ2n) is 5.20. The van der Waals surface area contributed by atoms with Gasteiger partial charge in [-0.25, -0.2) is 13.2 Å². The zero-order valence-electron chi connectivity index (χ0n) is 14.1. The van der Waals surface area contributed by atoms with E-state index in [1.165, 1.54) is 30.5 Å². The predicted molar refractivity (Wildman–Crippen MR) is 97.3 cm³/mol. The molecule has 1 aromatic heterocycles. The highest BCUT2D eigenvalue weighted by molar-refractivity contribution is 7.90. The molecule has 0 aliphatic carbocycles. The first-order valence-corrected chi connectivity index (χ1v) is 9.24. The summed E-state index contributed by atoms with van der Waals surface area (Å²) in [5.41, 5.74) is 5.81. The quantitative estimate of drug-likeness (QED) is 0.707. The van der Waals surface area contributed by atoms with Crippen molar-refractivity contribution in [3.8, 4) is 0 Å². The first kappa shape index (κ1) is 21.7. The maximum Gasteiger partial charge on any atom is 0.338 e. The van der Waals surface area contributed by atoms with E-state index in [0.29, 0.717) is 5.76 Å². The molecule has 142 valence electrons. The Bertz CT molecular complexity index is 907. The van der Waals surface area contributed by atoms with E-state index in [4.69, 9.17) is 14.9 Å². The summed E-state index contributed by atoms with van der Waals surface area (Å²) in [4.78, 5) is 24.0. The number of amides is 1. The summed E-state index contributed by atoms with van der Waals surface area (Å²) in [6.07, 6.45) is 2.25. The van der Waals surface area contributed by atoms with E-state index < -0.39 is 21.7 Å². The molecular formula is C16H19ClN2O6S. The maximum atomic E-state index is 12.2. The SMILES string of the molecule is CCOC(=O)c1cc(NC(=O)c2coc(CN)c2)cc(S(C)(=O)=O)c1.Cl. The van der Waals surface area contributed by atoms with Crippen molar-refractivity contribution in [2.75, 3.05) is 18.2 Å². The number of ether oxygens (including phenoxy) is 1. The van der Waals surface area contributed by atoms with Gasteiger partial charge < -0.3 is 20.2 Å². The number of anilines is 1. The molecule has 0 saturated carbocycles. The van der Waals surface area contributed by atoms with E-state index >= 15 is 0 Å². The van der Waals surface area contributed by atoms with E-state index in [9.17, 15) is 18.0 Å². The van der Waals surface area contributed by atoms with E-state index in [-0.39, 0.29) is 47.3 Å². The van der Waals surface area contributed by atoms with Crippen LogP contribution in [0.1, 0.15) is 33.4 Å². The van der Waals surface area contributed by atoms with Crippen LogP contribution >= 0.6 is 12.4 Å². The van der Waals surface area contributed by atoms with Crippen LogP contribution in [0.15, 0.2) is 39.8 Å². The summed E-state index contributed by atoms with van der Waals surface area (Å²) in [5, 5.41) is 2.53. The molecule has 0 atom stereocenters. The third kappa shape index (κ3) is 5.32. The van der Waals surface area contributed by atoms with Gasteiger partial charge in [0.2, 0.25) is 0 Å². The lowest BCUT2D eigenvalue weighted by Crippen LogP contribution is -2.13. The van der Waals surface area contributed by atoms with Crippen molar-refractivity contribution < 1.29 is 27.2 Å². The molecule has 0 bridgehead atoms. The molecule has 10 heteroatoms. The Morgan fingerprint density at radius 1 is 1.19 bits per heavy atom. The van der Waals surface area contributed by atoms with E-state index in [1.54, 1.807) is 6.92 Å². The van der Waals surface area contributed by atoms with Crippen LogP contribution in [0, 0.1) is 0 Å². The van der Waals surface area contributed by atoms with Crippen LogP contribution in [-0.2, 0) is 21.1 Å². The number of hydrogen-bond donors (Lipinski definition) is 2. The summed E-state index contributed by atoms with van der Waals surface area (Å²) >= 11 is 0. The fourth-order valence-corrected chi connectivity index (χ4v) is 2.71. The van der Waals surface area contributed by atoms with Crippen LogP contribution in [0.3, 0.4) is 0 Å². The fraction of sp³-hybridized carbons (Fsp3) is 0.250. The molecule has 0 spiro atoms. The van der Waals surface area contributed by atoms with Gasteiger partial charge in [-0.1, -0.05) is 0 Å². The van der Waals surface area contributed by atoms with Gasteiger partial charge in [-0.15, -0.1) is 12.4 Å². The van der Waals surface area contributed by atoms with Crippen LogP contribution in [0.2, 0.25) is 0 Å². The number of nitrogens with one attached hydrogen (secondary N) is 1. The molecular weight excluding hydrogens is 384 g/mol. The molecule has 8 nitrogen and oxygen atoms in total. The van der Waals surface area contributed by atoms with Gasteiger partial charge in [0.15, 0.2) is 9.84 Å². The van der Waals surface area contributed by atoms with Gasteiger partial charge >= 0.3 is 5.97 Å². The number of nitrogens with two attached hydrogens (primary N) is 1. The predicted octanol–water partition coefficient (Wildman–Crippen LogP) is 1.99. The molecule has 26 heavy (non-hydrogen) atoms. The van der Waals surface area contributed by atoms with E-state index in [0.717, 1.165) is 6.26 Å². The number of furan rings is 1. The van der Waals surface area contributed by atoms with Gasteiger partial charge in [0.05, 0.1) is 29.2 Å². The molecule has 0 fully saturated rings. The lowest BCUT2D eigenvalue weighted by molar-refractivity contribution is 0.0526. The van der Waals surface area contributed by atoms with Crippen LogP contribution in [0.25, 0.3) is 0 Å². The smallest absolute Gasteiger partial charge is 0.338 e. The molecule has 2 aromatic rings. The minimum absolute atomic E-state index is 0. The number of hydrogen-bond acceptors (Lipinski definition) is 7. The average Bonchev–Trinajstić information content (AvgIpc) is 3.03. The van der Waals surface area contributed by atoms with Crippen LogP contribution in [-0.4, -0.2) is 33.2 Å². The second kappa shape index (κ2) is 8.84. The van der Waals surface area contributed by atoms with Crippen molar-refractivity contribution in [3.63, 3.8) is 0 Å². The van der Waals surface area contributed by atoms with Crippen LogP contribution in [0.5, 0.6) is 0 Å². The summed E-state index contributed by atoms with van der Waals surface area (Å²) in [6, 6.07) is 5.28. The van der Waals surface area contributed by atoms with Gasteiger partial charge in [-0.2, -0.15) is 0 Å². The molecule has 2 rings (SSSR count). The Kier molecular flexibility index (Phi) is 7.37. The first-order chi connectivity index (χ1) is 11.7. The number of carbonyl (C=O) groups excluding carboxylic acids is 2. The molecule has 0 aliphatic heterocycles. The number of halogens is 1. The summed E-state index contributed by atoms with van der Waals surface area (Å²) < 4.78 is 33.6. The lowest BCUT2D eigenvalue weighted by Gasteiger charge is -2.09. The average molecular weight is 403 g/mol. The highest BCUT2D eigenvalue weighted by Gasteiger charge is 2.17. The van der Waals surface area contributed by atoms with Gasteiger partial charge in [0, 0.05) is 11.9 Å². The van der Waals surface area contributed by atoms with Gasteiger partial charge in [-0.3, -0.25) is 4.79 Å². The van der Waals surface area contributed by atoms with E-state index in [1.807, 2.05) is 0 Å². The standard InChI is InChI=1S/C16H18N2O6S.ClH/c1-3-23-16(20)10-4-12(7-14(6-10)25(2,21)22)18-15(19)11-5-13(8-17)24-9-11;/h4-7,9H,3,8,17H2,1-2H3,(H,18,19);1H. The van der Waals surface area contributed by atoms with Crippen molar-refractivity contribution >= 4 is 39.8 Å². The van der Waals surface area contributed by atoms with Crippen molar-refractivity contribution in [2.24, 2.45) is 5.73 Å². The van der Waals surface area contributed by atoms with Crippen LogP contribution in [0.4, 0.5) is 5.69 Å². The summed E-state index contributed by atoms with van der Waals surface area (Å²) in [7, 11) is -3.59. The summed E-state index contributed by atoms with van der Waals surface area (Å²) in [5.74, 6) is -0.775. The number of benzene rings is 1. The van der Waals surface area contributed by atoms with Gasteiger partial charge in [0.1, 0.15) is 12.0 Å². The first-order valence-electron chi connectivity index (χ1n) is 7.35. The summed E-state index contributed by atoms with van der Waals surface area (Å²) in [6.45, 7) is 1.92. The minimum Gasteiger partial charge on any atom is -0.467 e. The second-order valence-corrected chi connectivity index (χ2v) is 7.21. The zero-order valence-corrected chi connectivity index (χ0v) is 15.8. The van der Waals surface area contributed by atoms with Crippen molar-refractivity contribution in [1.29, 1.82) is 0 Å². The van der Waals surface area contributed by atoms with Gasteiger partial charge in [0.25, 0.3) is 5.91 Å². The van der Waals surface area contributed by atoms with Crippen molar-refractivity contribution in [2.45, 2.75) is 18.4 Å². The third-order valence-electron chi connectivity index (χ3n) is 3.22. The van der Waals surface area contributed by atoms with Gasteiger partial charge in [-0.05, 0) is 31.2 Å². The molecule has 0 aliphatic rings. The molecule has 1 amide bonds. The number of rotatable bonds is 6. The fourth-order valence-electron chi connectivity index (χ4n) is 2.03. The largest absolute Gasteiger partial charge is 0.467 e. The highest BCUT2D eigenvalue weighted by atomic mass is 35.5. The maximum absolute atomic E-state index is 12.2. The Labute approximate surface area is 157 Å². The molecule has 3 N–H and O–H groups in total. The molecule has 1 aromatic carbocycles. The molecule has 0 radical (unpaired) electrons. The van der Waals surface area contributed by atoms with Crippen molar-refractivity contribution in [1.82, 2.24) is 0 Å². The Morgan fingerprint density at radius 2 is 1.88 bits per heavy atom. The lowest BCUT2D eigenvalue weighted by atomic mass is 10.2. The third-order valence-corrected chi connectivity index (χ3v) is 4.31. The molecule has 1 heterocycles. The topological polar surface area (TPSA) is 129 Å². The number of sulfone groups is 1. The van der Waals surface area contributed by atoms with Crippen LogP contribution < -0.4 is 11.1 Å². The Balaban J connectivity index is 0.00000338. The van der Waals surface area contributed by atoms with Crippen molar-refractivity contribution in [3.05, 3.63) is 47.4 Å². The number of esters is 1. The molecule has 0 unspecified atom stereocenters. The normalized spacial score (nSPS) is 10.7. The van der Waals surface area contributed by atoms with E-state index in [2.05, 4.69) is 5.32 Å². The highest BCUT2D eigenvalue weighted by Crippen LogP contribution is 2.21.